The van der Waals surface area contributed by atoms with E-state index < -0.39 is 0 Å². The molecule has 4 rings (SSSR count). The van der Waals surface area contributed by atoms with Gasteiger partial charge in [0.2, 0.25) is 5.95 Å². The lowest BCUT2D eigenvalue weighted by Crippen LogP contribution is -2.06. The number of aromatic nitrogens is 2. The molecular weight excluding hydrogens is 392 g/mol. The summed E-state index contributed by atoms with van der Waals surface area (Å²) in [6.45, 7) is 3.12. The molecule has 1 aliphatic carbocycles. The minimum absolute atomic E-state index is 0.156. The van der Waals surface area contributed by atoms with E-state index >= 15 is 0 Å². The number of phenols is 1. The molecule has 0 saturated heterocycles. The van der Waals surface area contributed by atoms with Crippen molar-refractivity contribution in [2.75, 3.05) is 24.7 Å². The lowest BCUT2D eigenvalue weighted by atomic mass is 9.98. The smallest absolute Gasteiger partial charge is 0.221 e. The average molecular weight is 421 g/mol. The minimum atomic E-state index is 0.156. The van der Waals surface area contributed by atoms with E-state index in [9.17, 15) is 5.11 Å². The van der Waals surface area contributed by atoms with Gasteiger partial charge in [0, 0.05) is 18.2 Å². The summed E-state index contributed by atoms with van der Waals surface area (Å²) < 4.78 is 12.3. The predicted molar refractivity (Wildman–Crippen MR) is 121 cm³/mol. The van der Waals surface area contributed by atoms with Crippen LogP contribution in [-0.4, -0.2) is 28.3 Å². The number of hydrogen-bond donors (Lipinski definition) is 3. The molecule has 1 aliphatic rings. The Labute approximate surface area is 182 Å². The second-order valence-corrected chi connectivity index (χ2v) is 7.84. The van der Waals surface area contributed by atoms with Crippen molar-refractivity contribution < 1.29 is 14.6 Å². The van der Waals surface area contributed by atoms with Gasteiger partial charge in [-0.3, -0.25) is 0 Å². The molecule has 0 radical (unpaired) electrons. The normalized spacial score (nSPS) is 13.2. The van der Waals surface area contributed by atoms with E-state index in [0.29, 0.717) is 25.5 Å². The Morgan fingerprint density at radius 2 is 1.77 bits per heavy atom. The highest BCUT2D eigenvalue weighted by molar-refractivity contribution is 5.78. The van der Waals surface area contributed by atoms with Crippen LogP contribution < -0.4 is 20.9 Å². The van der Waals surface area contributed by atoms with Crippen LogP contribution in [-0.2, 0) is 6.42 Å². The summed E-state index contributed by atoms with van der Waals surface area (Å²) in [5.74, 6) is 2.99. The first-order valence-corrected chi connectivity index (χ1v) is 10.6. The molecular formula is C24H28N4O3. The molecule has 0 aliphatic heterocycles. The number of nitrogen functional groups attached to an aromatic ring is 2. The van der Waals surface area contributed by atoms with Crippen LogP contribution in [0.15, 0.2) is 42.6 Å². The molecule has 1 fully saturated rings. The fraction of sp³-hybridized carbons (Fsp3) is 0.333. The van der Waals surface area contributed by atoms with E-state index in [4.69, 9.17) is 20.9 Å². The van der Waals surface area contributed by atoms with Gasteiger partial charge in [0.1, 0.15) is 23.1 Å². The van der Waals surface area contributed by atoms with Gasteiger partial charge in [-0.15, -0.1) is 0 Å². The van der Waals surface area contributed by atoms with Crippen LogP contribution in [0.5, 0.6) is 17.2 Å². The molecule has 162 valence electrons. The van der Waals surface area contributed by atoms with Crippen molar-refractivity contribution in [3.05, 3.63) is 53.7 Å². The number of nitrogens with zero attached hydrogens (tertiary/aromatic N) is 2. The van der Waals surface area contributed by atoms with Crippen LogP contribution >= 0.6 is 0 Å². The molecule has 2 aromatic carbocycles. The third-order valence-corrected chi connectivity index (χ3v) is 5.37. The van der Waals surface area contributed by atoms with Crippen LogP contribution in [0.4, 0.5) is 11.8 Å². The zero-order chi connectivity index (χ0) is 21.8. The van der Waals surface area contributed by atoms with E-state index in [2.05, 4.69) is 9.97 Å². The van der Waals surface area contributed by atoms with Crippen molar-refractivity contribution in [2.24, 2.45) is 5.92 Å². The number of anilines is 2. The summed E-state index contributed by atoms with van der Waals surface area (Å²) in [4.78, 5) is 8.13. The number of hydrogen-bond acceptors (Lipinski definition) is 7. The minimum Gasteiger partial charge on any atom is -0.508 e. The molecule has 0 atom stereocenters. The monoisotopic (exact) mass is 420 g/mol. The molecule has 0 bridgehead atoms. The maximum absolute atomic E-state index is 9.71. The van der Waals surface area contributed by atoms with Crippen LogP contribution in [0.25, 0.3) is 11.1 Å². The molecule has 0 spiro atoms. The molecule has 7 heteroatoms. The Morgan fingerprint density at radius 3 is 2.42 bits per heavy atom. The van der Waals surface area contributed by atoms with Gasteiger partial charge in [-0.1, -0.05) is 25.0 Å². The van der Waals surface area contributed by atoms with Crippen molar-refractivity contribution in [3.63, 3.8) is 0 Å². The van der Waals surface area contributed by atoms with Crippen molar-refractivity contribution in [2.45, 2.75) is 32.6 Å². The molecule has 1 aromatic heterocycles. The van der Waals surface area contributed by atoms with Gasteiger partial charge in [0.25, 0.3) is 0 Å². The van der Waals surface area contributed by atoms with Crippen LogP contribution in [0.1, 0.15) is 37.3 Å². The van der Waals surface area contributed by atoms with E-state index in [0.717, 1.165) is 46.1 Å². The maximum atomic E-state index is 9.71. The van der Waals surface area contributed by atoms with Gasteiger partial charge < -0.3 is 26.0 Å². The van der Waals surface area contributed by atoms with E-state index in [-0.39, 0.29) is 11.7 Å². The second-order valence-electron chi connectivity index (χ2n) is 7.84. The zero-order valence-electron chi connectivity index (χ0n) is 17.7. The van der Waals surface area contributed by atoms with E-state index in [1.54, 1.807) is 18.3 Å². The summed E-state index contributed by atoms with van der Waals surface area (Å²) >= 11 is 0. The molecule has 31 heavy (non-hydrogen) atoms. The molecule has 7 nitrogen and oxygen atoms in total. The molecule has 0 unspecified atom stereocenters. The summed E-state index contributed by atoms with van der Waals surface area (Å²) in [7, 11) is 0. The summed E-state index contributed by atoms with van der Waals surface area (Å²) in [5, 5.41) is 9.71. The van der Waals surface area contributed by atoms with E-state index in [1.807, 2.05) is 31.2 Å². The van der Waals surface area contributed by atoms with Gasteiger partial charge in [0.15, 0.2) is 0 Å². The van der Waals surface area contributed by atoms with Gasteiger partial charge in [-0.2, -0.15) is 4.98 Å². The quantitative estimate of drug-likeness (QED) is 0.475. The van der Waals surface area contributed by atoms with Gasteiger partial charge >= 0.3 is 0 Å². The predicted octanol–water partition coefficient (Wildman–Crippen LogP) is 4.18. The fourth-order valence-corrected chi connectivity index (χ4v) is 3.57. The first-order chi connectivity index (χ1) is 15.0. The highest BCUT2D eigenvalue weighted by Gasteiger charge is 2.22. The number of ether oxygens (including phenoxy) is 2. The third kappa shape index (κ3) is 5.17. The number of benzene rings is 2. The van der Waals surface area contributed by atoms with Crippen molar-refractivity contribution in [1.82, 2.24) is 9.97 Å². The van der Waals surface area contributed by atoms with Gasteiger partial charge in [-0.05, 0) is 54.7 Å². The summed E-state index contributed by atoms with van der Waals surface area (Å²) in [5.41, 5.74) is 15.2. The lowest BCUT2D eigenvalue weighted by Gasteiger charge is -2.18. The first kappa shape index (κ1) is 20.8. The van der Waals surface area contributed by atoms with Crippen molar-refractivity contribution >= 4 is 11.8 Å². The topological polar surface area (TPSA) is 117 Å². The van der Waals surface area contributed by atoms with Crippen LogP contribution in [0.3, 0.4) is 0 Å². The third-order valence-electron chi connectivity index (χ3n) is 5.37. The van der Waals surface area contributed by atoms with Crippen molar-refractivity contribution in [3.8, 4) is 28.4 Å². The molecule has 3 aromatic rings. The molecule has 1 saturated carbocycles. The highest BCUT2D eigenvalue weighted by Crippen LogP contribution is 2.41. The number of rotatable bonds is 9. The first-order valence-electron chi connectivity index (χ1n) is 10.6. The maximum Gasteiger partial charge on any atom is 0.221 e. The highest BCUT2D eigenvalue weighted by atomic mass is 16.5. The Balaban J connectivity index is 1.73. The number of nitrogens with two attached hydrogens (primary N) is 2. The van der Waals surface area contributed by atoms with Gasteiger partial charge in [-0.25, -0.2) is 4.98 Å². The Kier molecular flexibility index (Phi) is 6.11. The molecule has 1 heterocycles. The number of phenolic OH excluding ortho intramolecular Hbond substituents is 1. The second kappa shape index (κ2) is 9.12. The SMILES string of the molecule is CCOc1cc(Cc2cnc(N)nc2N)cc(OCCC2CC2)c1-c1ccc(O)cc1. The van der Waals surface area contributed by atoms with Crippen LogP contribution in [0.2, 0.25) is 0 Å². The summed E-state index contributed by atoms with van der Waals surface area (Å²) in [6, 6.07) is 11.1. The Morgan fingerprint density at radius 1 is 1.06 bits per heavy atom. The van der Waals surface area contributed by atoms with Crippen LogP contribution in [0, 0.1) is 5.92 Å². The molecule has 0 amide bonds. The van der Waals surface area contributed by atoms with E-state index in [1.165, 1.54) is 12.8 Å². The zero-order valence-corrected chi connectivity index (χ0v) is 17.7. The Hall–Kier alpha value is -3.48. The molecule has 5 N–H and O–H groups in total. The average Bonchev–Trinajstić information content (AvgIpc) is 3.56. The summed E-state index contributed by atoms with van der Waals surface area (Å²) in [6.07, 6.45) is 5.80. The fourth-order valence-electron chi connectivity index (χ4n) is 3.57. The van der Waals surface area contributed by atoms with Crippen molar-refractivity contribution in [1.29, 1.82) is 0 Å². The largest absolute Gasteiger partial charge is 0.508 e. The number of aromatic hydroxyl groups is 1. The lowest BCUT2D eigenvalue weighted by molar-refractivity contribution is 0.298. The Bertz CT molecular complexity index is 1050. The standard InChI is InChI=1S/C24H28N4O3/c1-2-30-20-12-16(11-18-14-27-24(26)28-23(18)25)13-21(31-10-9-15-3-4-15)22(20)17-5-7-19(29)8-6-17/h5-8,12-15,29H,2-4,9-11H2,1H3,(H4,25,26,27,28). The van der Waals surface area contributed by atoms with Gasteiger partial charge in [0.05, 0.1) is 18.8 Å².